The van der Waals surface area contributed by atoms with Gasteiger partial charge in [-0.2, -0.15) is 0 Å². The molecule has 8 heteroatoms. The van der Waals surface area contributed by atoms with Crippen LogP contribution in [0.2, 0.25) is 0 Å². The highest BCUT2D eigenvalue weighted by Gasteiger charge is 2.26. The Morgan fingerprint density at radius 2 is 2.27 bits per heavy atom. The number of hydrogen-bond donors (Lipinski definition) is 1. The maximum absolute atomic E-state index is 12.2. The Morgan fingerprint density at radius 3 is 2.67 bits per heavy atom. The quantitative estimate of drug-likeness (QED) is 0.614. The number of nitrogens with zero attached hydrogens (tertiary/aromatic N) is 2. The first-order valence-corrected chi connectivity index (χ1v) is 3.74. The highest BCUT2D eigenvalue weighted by atomic mass is 19.3. The molecule has 0 aliphatic rings. The fourth-order valence-electron chi connectivity index (χ4n) is 1.00. The van der Waals surface area contributed by atoms with Crippen molar-refractivity contribution in [1.82, 2.24) is 4.98 Å². The van der Waals surface area contributed by atoms with E-state index in [4.69, 9.17) is 5.73 Å². The first kappa shape index (κ1) is 11.1. The minimum atomic E-state index is -2.92. The number of aromatic nitrogens is 1. The molecule has 0 amide bonds. The minimum Gasteiger partial charge on any atom is -0.488 e. The Hall–Kier alpha value is -1.99. The number of halogens is 2. The monoisotopic (exact) mass is 219 g/mol. The number of anilines is 1. The molecule has 82 valence electrons. The molecule has 0 fully saturated rings. The van der Waals surface area contributed by atoms with Gasteiger partial charge in [0.15, 0.2) is 0 Å². The van der Waals surface area contributed by atoms with E-state index in [-0.39, 0.29) is 11.4 Å². The Bertz CT molecular complexity index is 397. The van der Waals surface area contributed by atoms with Gasteiger partial charge in [0.25, 0.3) is 0 Å². The molecule has 2 N–H and O–H groups in total. The van der Waals surface area contributed by atoms with Gasteiger partial charge in [-0.05, 0) is 9.91 Å². The fraction of sp³-hybridized carbons (Fsp3) is 0.286. The average Bonchev–Trinajstić information content (AvgIpc) is 2.16. The number of methoxy groups -OCH3 is 1. The van der Waals surface area contributed by atoms with Crippen molar-refractivity contribution in [2.24, 2.45) is 0 Å². The van der Waals surface area contributed by atoms with Crippen molar-refractivity contribution in [1.29, 1.82) is 0 Å². The average molecular weight is 219 g/mol. The molecule has 6 nitrogen and oxygen atoms in total. The standard InChI is InChI=1S/C7H7F2N3O3/c1-15-5-3(10)2-4(6(8)9)11-7(5)12(13)14/h2,6H,1H3,(H2,10,11). The van der Waals surface area contributed by atoms with E-state index in [0.717, 1.165) is 13.2 Å². The topological polar surface area (TPSA) is 91.3 Å². The van der Waals surface area contributed by atoms with Crippen LogP contribution in [0.15, 0.2) is 6.07 Å². The van der Waals surface area contributed by atoms with Crippen LogP contribution in [-0.4, -0.2) is 17.0 Å². The van der Waals surface area contributed by atoms with Crippen LogP contribution in [0.4, 0.5) is 20.3 Å². The number of hydrogen-bond acceptors (Lipinski definition) is 5. The summed E-state index contributed by atoms with van der Waals surface area (Å²) in [4.78, 5) is 12.7. The molecule has 0 aliphatic carbocycles. The van der Waals surface area contributed by atoms with E-state index in [1.807, 2.05) is 0 Å². The molecular formula is C7H7F2N3O3. The molecule has 0 saturated carbocycles. The van der Waals surface area contributed by atoms with Crippen molar-refractivity contribution >= 4 is 11.5 Å². The number of pyridine rings is 1. The van der Waals surface area contributed by atoms with Crippen molar-refractivity contribution in [2.45, 2.75) is 6.43 Å². The van der Waals surface area contributed by atoms with Gasteiger partial charge >= 0.3 is 12.2 Å². The predicted octanol–water partition coefficient (Wildman–Crippen LogP) is 1.52. The maximum atomic E-state index is 12.2. The second-order valence-corrected chi connectivity index (χ2v) is 2.55. The summed E-state index contributed by atoms with van der Waals surface area (Å²) < 4.78 is 29.1. The molecule has 0 atom stereocenters. The molecule has 0 bridgehead atoms. The summed E-state index contributed by atoms with van der Waals surface area (Å²) in [6.45, 7) is 0. The summed E-state index contributed by atoms with van der Waals surface area (Å²) >= 11 is 0. The zero-order chi connectivity index (χ0) is 11.6. The van der Waals surface area contributed by atoms with Crippen LogP contribution >= 0.6 is 0 Å². The third kappa shape index (κ3) is 2.09. The van der Waals surface area contributed by atoms with Crippen LogP contribution in [0.25, 0.3) is 0 Å². The van der Waals surface area contributed by atoms with Crippen molar-refractivity contribution in [2.75, 3.05) is 12.8 Å². The van der Waals surface area contributed by atoms with Gasteiger partial charge in [-0.25, -0.2) is 8.78 Å². The highest BCUT2D eigenvalue weighted by Crippen LogP contribution is 2.33. The van der Waals surface area contributed by atoms with Gasteiger partial charge < -0.3 is 20.6 Å². The van der Waals surface area contributed by atoms with Gasteiger partial charge in [0.2, 0.25) is 11.4 Å². The smallest absolute Gasteiger partial charge is 0.408 e. The SMILES string of the molecule is COc1c(N)cc(C(F)F)nc1[N+](=O)[O-]. The lowest BCUT2D eigenvalue weighted by molar-refractivity contribution is -0.390. The Morgan fingerprint density at radius 1 is 1.67 bits per heavy atom. The summed E-state index contributed by atoms with van der Waals surface area (Å²) in [6, 6.07) is 0.844. The lowest BCUT2D eigenvalue weighted by atomic mass is 10.3. The second-order valence-electron chi connectivity index (χ2n) is 2.55. The van der Waals surface area contributed by atoms with E-state index in [2.05, 4.69) is 9.72 Å². The Balaban J connectivity index is 3.38. The van der Waals surface area contributed by atoms with Gasteiger partial charge in [-0.15, -0.1) is 0 Å². The molecule has 0 saturated heterocycles. The summed E-state index contributed by atoms with van der Waals surface area (Å²) in [5.74, 6) is -1.13. The molecule has 0 radical (unpaired) electrons. The lowest BCUT2D eigenvalue weighted by Gasteiger charge is -2.05. The van der Waals surface area contributed by atoms with Crippen LogP contribution < -0.4 is 10.5 Å². The van der Waals surface area contributed by atoms with Crippen LogP contribution in [0.3, 0.4) is 0 Å². The van der Waals surface area contributed by atoms with Crippen LogP contribution in [0.5, 0.6) is 5.75 Å². The molecule has 1 heterocycles. The number of nitrogens with two attached hydrogens (primary N) is 1. The summed E-state index contributed by atoms with van der Waals surface area (Å²) in [6.07, 6.45) is -2.92. The van der Waals surface area contributed by atoms with Crippen molar-refractivity contribution in [3.05, 3.63) is 21.9 Å². The molecule has 1 aromatic heterocycles. The van der Waals surface area contributed by atoms with Crippen LogP contribution in [0.1, 0.15) is 12.1 Å². The van der Waals surface area contributed by atoms with Crippen molar-refractivity contribution in [3.8, 4) is 5.75 Å². The number of nitro groups is 1. The van der Waals surface area contributed by atoms with E-state index in [9.17, 15) is 18.9 Å². The fourth-order valence-corrected chi connectivity index (χ4v) is 1.00. The summed E-state index contributed by atoms with van der Waals surface area (Å²) in [5.41, 5.74) is 4.31. The van der Waals surface area contributed by atoms with Gasteiger partial charge in [-0.1, -0.05) is 0 Å². The molecule has 1 rings (SSSR count). The number of nitrogen functional groups attached to an aromatic ring is 1. The van der Waals surface area contributed by atoms with Gasteiger partial charge in [0, 0.05) is 6.07 Å². The highest BCUT2D eigenvalue weighted by molar-refractivity contribution is 5.61. The van der Waals surface area contributed by atoms with E-state index >= 15 is 0 Å². The molecular weight excluding hydrogens is 212 g/mol. The maximum Gasteiger partial charge on any atom is 0.408 e. The largest absolute Gasteiger partial charge is 0.488 e. The minimum absolute atomic E-state index is 0.241. The molecule has 1 aromatic rings. The van der Waals surface area contributed by atoms with Crippen LogP contribution in [0, 0.1) is 10.1 Å². The lowest BCUT2D eigenvalue weighted by Crippen LogP contribution is -2.04. The van der Waals surface area contributed by atoms with Crippen molar-refractivity contribution < 1.29 is 18.4 Å². The van der Waals surface area contributed by atoms with E-state index < -0.39 is 22.9 Å². The van der Waals surface area contributed by atoms with Gasteiger partial charge in [0.1, 0.15) is 0 Å². The van der Waals surface area contributed by atoms with E-state index in [1.165, 1.54) is 0 Å². The normalized spacial score (nSPS) is 10.4. The number of ether oxygens (including phenoxy) is 1. The molecule has 0 spiro atoms. The Labute approximate surface area is 82.8 Å². The zero-order valence-corrected chi connectivity index (χ0v) is 7.61. The molecule has 0 aliphatic heterocycles. The van der Waals surface area contributed by atoms with Crippen LogP contribution in [-0.2, 0) is 0 Å². The first-order valence-electron chi connectivity index (χ1n) is 3.74. The third-order valence-electron chi connectivity index (χ3n) is 1.60. The number of rotatable bonds is 3. The molecule has 0 unspecified atom stereocenters. The van der Waals surface area contributed by atoms with Gasteiger partial charge in [-0.3, -0.25) is 0 Å². The first-order chi connectivity index (χ1) is 6.97. The van der Waals surface area contributed by atoms with Crippen molar-refractivity contribution in [3.63, 3.8) is 0 Å². The van der Waals surface area contributed by atoms with E-state index in [1.54, 1.807) is 0 Å². The second kappa shape index (κ2) is 4.03. The third-order valence-corrected chi connectivity index (χ3v) is 1.60. The van der Waals surface area contributed by atoms with Gasteiger partial charge in [0.05, 0.1) is 12.8 Å². The molecule has 15 heavy (non-hydrogen) atoms. The summed E-state index contributed by atoms with van der Waals surface area (Å²) in [5, 5.41) is 10.5. The van der Waals surface area contributed by atoms with E-state index in [0.29, 0.717) is 0 Å². The predicted molar refractivity (Wildman–Crippen MR) is 46.8 cm³/mol. The Kier molecular flexibility index (Phi) is 2.98. The number of alkyl halides is 2. The zero-order valence-electron chi connectivity index (χ0n) is 7.61. The summed E-state index contributed by atoms with van der Waals surface area (Å²) in [7, 11) is 1.14. The molecule has 0 aromatic carbocycles.